The summed E-state index contributed by atoms with van der Waals surface area (Å²) in [7, 11) is 3.22. The molecule has 1 aromatic rings. The maximum absolute atomic E-state index is 11.9. The second-order valence-electron chi connectivity index (χ2n) is 5.22. The lowest BCUT2D eigenvalue weighted by Crippen LogP contribution is -2.19. The zero-order chi connectivity index (χ0) is 15.5. The summed E-state index contributed by atoms with van der Waals surface area (Å²) in [5.74, 6) is 1.87. The van der Waals surface area contributed by atoms with Crippen LogP contribution in [0.4, 0.5) is 0 Å². The van der Waals surface area contributed by atoms with Crippen LogP contribution in [0.3, 0.4) is 0 Å². The number of allylic oxidation sites excluding steroid dienone is 5. The van der Waals surface area contributed by atoms with Crippen molar-refractivity contribution in [2.45, 2.75) is 18.8 Å². The number of hydrogen-bond donors (Lipinski definition) is 0. The average Bonchev–Trinajstić information content (AvgIpc) is 2.78. The van der Waals surface area contributed by atoms with E-state index in [9.17, 15) is 4.79 Å². The molecule has 22 heavy (non-hydrogen) atoms. The van der Waals surface area contributed by atoms with E-state index in [0.29, 0.717) is 24.3 Å². The Kier molecular flexibility index (Phi) is 4.00. The van der Waals surface area contributed by atoms with Gasteiger partial charge in [0.1, 0.15) is 5.76 Å². The van der Waals surface area contributed by atoms with Crippen LogP contribution in [-0.4, -0.2) is 20.2 Å². The third-order valence-electron chi connectivity index (χ3n) is 3.94. The van der Waals surface area contributed by atoms with Crippen molar-refractivity contribution in [2.24, 2.45) is 0 Å². The molecule has 1 aliphatic heterocycles. The summed E-state index contributed by atoms with van der Waals surface area (Å²) in [5.41, 5.74) is 2.07. The smallest absolute Gasteiger partial charge is 0.311 e. The van der Waals surface area contributed by atoms with E-state index in [0.717, 1.165) is 16.9 Å². The number of rotatable bonds is 3. The number of benzene rings is 1. The standard InChI is InChI=1S/C18H18O4/c1-20-16-9-8-12(10-17(16)21-2)14-11-18(19)22-15-7-5-3-4-6-13(14)15/h3-6,8-10,14H,7,11H2,1-2H3. The van der Waals surface area contributed by atoms with Crippen molar-refractivity contribution in [1.29, 1.82) is 0 Å². The maximum Gasteiger partial charge on any atom is 0.311 e. The van der Waals surface area contributed by atoms with E-state index in [4.69, 9.17) is 14.2 Å². The molecule has 0 N–H and O–H groups in total. The Hall–Kier alpha value is -2.49. The number of methoxy groups -OCH3 is 2. The summed E-state index contributed by atoms with van der Waals surface area (Å²) >= 11 is 0. The molecule has 0 saturated carbocycles. The van der Waals surface area contributed by atoms with Gasteiger partial charge >= 0.3 is 5.97 Å². The van der Waals surface area contributed by atoms with Gasteiger partial charge in [-0.05, 0) is 23.3 Å². The van der Waals surface area contributed by atoms with Crippen LogP contribution >= 0.6 is 0 Å². The molecular formula is C18H18O4. The van der Waals surface area contributed by atoms with Crippen molar-refractivity contribution in [3.05, 3.63) is 59.4 Å². The third-order valence-corrected chi connectivity index (χ3v) is 3.94. The SMILES string of the molecule is COc1ccc(C2CC(=O)OC3=C2C=CC=CC3)cc1OC. The molecule has 0 aromatic heterocycles. The molecule has 2 aliphatic rings. The van der Waals surface area contributed by atoms with Crippen LogP contribution < -0.4 is 9.47 Å². The molecule has 1 heterocycles. The molecule has 1 aliphatic carbocycles. The largest absolute Gasteiger partial charge is 0.493 e. The Labute approximate surface area is 129 Å². The molecule has 4 nitrogen and oxygen atoms in total. The van der Waals surface area contributed by atoms with E-state index in [1.54, 1.807) is 14.2 Å². The van der Waals surface area contributed by atoms with Crippen LogP contribution in [0.25, 0.3) is 0 Å². The normalized spacial score (nSPS) is 20.3. The van der Waals surface area contributed by atoms with Crippen LogP contribution in [0, 0.1) is 0 Å². The first-order valence-electron chi connectivity index (χ1n) is 7.21. The van der Waals surface area contributed by atoms with Gasteiger partial charge in [0.05, 0.1) is 20.6 Å². The first-order chi connectivity index (χ1) is 10.7. The van der Waals surface area contributed by atoms with Gasteiger partial charge in [-0.15, -0.1) is 0 Å². The second-order valence-corrected chi connectivity index (χ2v) is 5.22. The molecule has 1 atom stereocenters. The van der Waals surface area contributed by atoms with Crippen LogP contribution in [0.5, 0.6) is 11.5 Å². The molecule has 114 valence electrons. The monoisotopic (exact) mass is 298 g/mol. The first-order valence-corrected chi connectivity index (χ1v) is 7.21. The Morgan fingerprint density at radius 1 is 1.14 bits per heavy atom. The average molecular weight is 298 g/mol. The first kappa shape index (κ1) is 14.4. The zero-order valence-corrected chi connectivity index (χ0v) is 12.7. The van der Waals surface area contributed by atoms with Gasteiger partial charge in [0, 0.05) is 12.3 Å². The highest BCUT2D eigenvalue weighted by atomic mass is 16.5. The van der Waals surface area contributed by atoms with E-state index in [1.807, 2.05) is 42.5 Å². The molecule has 0 amide bonds. The fourth-order valence-electron chi connectivity index (χ4n) is 2.86. The number of ether oxygens (including phenoxy) is 3. The number of esters is 1. The lowest BCUT2D eigenvalue weighted by atomic mass is 9.85. The predicted molar refractivity (Wildman–Crippen MR) is 82.9 cm³/mol. The molecule has 1 aromatic carbocycles. The second kappa shape index (κ2) is 6.10. The lowest BCUT2D eigenvalue weighted by Gasteiger charge is -2.26. The molecular weight excluding hydrogens is 280 g/mol. The van der Waals surface area contributed by atoms with Crippen molar-refractivity contribution in [3.8, 4) is 11.5 Å². The highest BCUT2D eigenvalue weighted by Crippen LogP contribution is 2.40. The highest BCUT2D eigenvalue weighted by Gasteiger charge is 2.30. The van der Waals surface area contributed by atoms with Gasteiger partial charge in [0.2, 0.25) is 0 Å². The highest BCUT2D eigenvalue weighted by molar-refractivity contribution is 5.75. The van der Waals surface area contributed by atoms with E-state index >= 15 is 0 Å². The molecule has 0 radical (unpaired) electrons. The van der Waals surface area contributed by atoms with Crippen molar-refractivity contribution in [3.63, 3.8) is 0 Å². The van der Waals surface area contributed by atoms with E-state index in [1.165, 1.54) is 0 Å². The minimum atomic E-state index is -0.192. The van der Waals surface area contributed by atoms with Crippen molar-refractivity contribution < 1.29 is 19.0 Å². The summed E-state index contributed by atoms with van der Waals surface area (Å²) in [6.07, 6.45) is 8.93. The predicted octanol–water partition coefficient (Wildman–Crippen LogP) is 3.50. The Bertz CT molecular complexity index is 682. The summed E-state index contributed by atoms with van der Waals surface area (Å²) in [5, 5.41) is 0. The van der Waals surface area contributed by atoms with Crippen molar-refractivity contribution in [2.75, 3.05) is 14.2 Å². The van der Waals surface area contributed by atoms with Crippen molar-refractivity contribution >= 4 is 5.97 Å². The summed E-state index contributed by atoms with van der Waals surface area (Å²) in [6, 6.07) is 5.77. The maximum atomic E-state index is 11.9. The molecule has 0 fully saturated rings. The van der Waals surface area contributed by atoms with Crippen LogP contribution in [0.2, 0.25) is 0 Å². The summed E-state index contributed by atoms with van der Waals surface area (Å²) in [6.45, 7) is 0. The Balaban J connectivity index is 2.04. The third kappa shape index (κ3) is 2.64. The fraction of sp³-hybridized carbons (Fsp3) is 0.278. The van der Waals surface area contributed by atoms with Gasteiger partial charge in [-0.1, -0.05) is 30.4 Å². The topological polar surface area (TPSA) is 44.8 Å². The van der Waals surface area contributed by atoms with Crippen molar-refractivity contribution in [1.82, 2.24) is 0 Å². The van der Waals surface area contributed by atoms with Gasteiger partial charge < -0.3 is 14.2 Å². The van der Waals surface area contributed by atoms with E-state index in [-0.39, 0.29) is 11.9 Å². The fourth-order valence-corrected chi connectivity index (χ4v) is 2.86. The lowest BCUT2D eigenvalue weighted by molar-refractivity contribution is -0.141. The number of carbonyl (C=O) groups excluding carboxylic acids is 1. The summed E-state index contributed by atoms with van der Waals surface area (Å²) < 4.78 is 16.0. The van der Waals surface area contributed by atoms with E-state index < -0.39 is 0 Å². The van der Waals surface area contributed by atoms with Gasteiger partial charge in [0.25, 0.3) is 0 Å². The molecule has 4 heteroatoms. The molecule has 0 bridgehead atoms. The zero-order valence-electron chi connectivity index (χ0n) is 12.7. The van der Waals surface area contributed by atoms with Crippen LogP contribution in [0.1, 0.15) is 24.3 Å². The van der Waals surface area contributed by atoms with Gasteiger partial charge in [-0.25, -0.2) is 0 Å². The molecule has 1 unspecified atom stereocenters. The van der Waals surface area contributed by atoms with Crippen LogP contribution in [-0.2, 0) is 9.53 Å². The minimum Gasteiger partial charge on any atom is -0.493 e. The quantitative estimate of drug-likeness (QED) is 0.801. The van der Waals surface area contributed by atoms with Gasteiger partial charge in [-0.3, -0.25) is 4.79 Å². The molecule has 0 saturated heterocycles. The number of carbonyl (C=O) groups is 1. The van der Waals surface area contributed by atoms with Gasteiger partial charge in [-0.2, -0.15) is 0 Å². The number of hydrogen-bond acceptors (Lipinski definition) is 4. The molecule has 0 spiro atoms. The van der Waals surface area contributed by atoms with Crippen LogP contribution in [0.15, 0.2) is 53.8 Å². The Morgan fingerprint density at radius 3 is 2.73 bits per heavy atom. The minimum absolute atomic E-state index is 0.0211. The van der Waals surface area contributed by atoms with Gasteiger partial charge in [0.15, 0.2) is 11.5 Å². The molecule has 3 rings (SSSR count). The summed E-state index contributed by atoms with van der Waals surface area (Å²) in [4.78, 5) is 11.9. The van der Waals surface area contributed by atoms with E-state index in [2.05, 4.69) is 0 Å². The Morgan fingerprint density at radius 2 is 1.95 bits per heavy atom.